The van der Waals surface area contributed by atoms with Crippen LogP contribution in [0.4, 0.5) is 26.3 Å². The van der Waals surface area contributed by atoms with E-state index in [0.717, 1.165) is 55.0 Å². The van der Waals surface area contributed by atoms with Gasteiger partial charge in [0, 0.05) is 96.2 Å². The summed E-state index contributed by atoms with van der Waals surface area (Å²) in [7, 11) is 0. The minimum absolute atomic E-state index is 0. The van der Waals surface area contributed by atoms with Gasteiger partial charge in [-0.25, -0.2) is 0 Å². The highest BCUT2D eigenvalue weighted by Gasteiger charge is 2.33. The molecule has 0 spiro atoms. The molecule has 2 amide bonds. The molecule has 8 rings (SSSR count). The molecular formula is C50H50Cl2F6N4O5S2. The predicted octanol–water partition coefficient (Wildman–Crippen LogP) is 11.1. The predicted molar refractivity (Wildman–Crippen MR) is 261 cm³/mol. The van der Waals surface area contributed by atoms with E-state index in [9.17, 15) is 46.1 Å². The molecule has 0 radical (unpaired) electrons. The molecular weight excluding hydrogens is 986 g/mol. The van der Waals surface area contributed by atoms with Crippen LogP contribution in [0.25, 0.3) is 0 Å². The molecule has 368 valence electrons. The third-order valence-corrected chi connectivity index (χ3v) is 13.2. The number of piperazine rings is 2. The smallest absolute Gasteiger partial charge is 0.416 e. The van der Waals surface area contributed by atoms with Crippen molar-refractivity contribution in [2.45, 2.75) is 45.0 Å². The Morgan fingerprint density at radius 3 is 1.16 bits per heavy atom. The van der Waals surface area contributed by atoms with Crippen molar-refractivity contribution < 1.29 is 51.6 Å². The van der Waals surface area contributed by atoms with Crippen LogP contribution in [0, 0.1) is 0 Å². The van der Waals surface area contributed by atoms with Crippen LogP contribution in [0.3, 0.4) is 0 Å². The molecule has 0 atom stereocenters. The van der Waals surface area contributed by atoms with Crippen LogP contribution in [0.2, 0.25) is 0 Å². The number of benzene rings is 6. The second-order valence-electron chi connectivity index (χ2n) is 15.7. The maximum absolute atomic E-state index is 13.0. The molecule has 6 aromatic carbocycles. The Labute approximate surface area is 417 Å². The van der Waals surface area contributed by atoms with Gasteiger partial charge in [-0.3, -0.25) is 19.4 Å². The molecule has 0 aromatic heterocycles. The summed E-state index contributed by atoms with van der Waals surface area (Å²) in [6, 6.07) is 39.5. The van der Waals surface area contributed by atoms with E-state index in [-0.39, 0.29) is 64.7 Å². The van der Waals surface area contributed by atoms with E-state index in [4.69, 9.17) is 0 Å². The number of amides is 2. The number of carbonyl (C=O) groups is 2. The van der Waals surface area contributed by atoms with Gasteiger partial charge in [-0.15, -0.1) is 24.8 Å². The first-order valence-electron chi connectivity index (χ1n) is 21.1. The van der Waals surface area contributed by atoms with Crippen LogP contribution in [0.1, 0.15) is 43.0 Å². The van der Waals surface area contributed by atoms with Gasteiger partial charge >= 0.3 is 12.4 Å². The number of phenolic OH excluding ortho intramolecular Hbond substituents is 2. The van der Waals surface area contributed by atoms with Crippen molar-refractivity contribution in [3.63, 3.8) is 0 Å². The van der Waals surface area contributed by atoms with Crippen molar-refractivity contribution in [2.24, 2.45) is 0 Å². The van der Waals surface area contributed by atoms with Crippen molar-refractivity contribution in [1.82, 2.24) is 19.6 Å². The number of hydrogen-bond donors (Lipinski definition) is 2. The lowest BCUT2D eigenvalue weighted by molar-refractivity contribution is -0.138. The summed E-state index contributed by atoms with van der Waals surface area (Å²) >= 11 is 3.16. The van der Waals surface area contributed by atoms with Gasteiger partial charge in [0.15, 0.2) is 0 Å². The minimum atomic E-state index is -4.47. The molecule has 0 saturated carbocycles. The fourth-order valence-electron chi connectivity index (χ4n) is 7.54. The summed E-state index contributed by atoms with van der Waals surface area (Å²) in [5, 5.41) is 19.4. The second kappa shape index (κ2) is 25.5. The third kappa shape index (κ3) is 15.8. The summed E-state index contributed by atoms with van der Waals surface area (Å²) in [5.41, 5.74) is 0.782. The van der Waals surface area contributed by atoms with Gasteiger partial charge in [0.1, 0.15) is 11.5 Å². The Bertz CT molecular complexity index is 2450. The lowest BCUT2D eigenvalue weighted by atomic mass is 10.1. The Morgan fingerprint density at radius 1 is 0.464 bits per heavy atom. The van der Waals surface area contributed by atoms with Crippen LogP contribution >= 0.6 is 48.3 Å². The number of halogens is 8. The SMILES string of the molecule is Cl.Cl.O.O=C(c1cccc(C(F)(F)F)c1)N1CCN(Cc2ccccc2Sc2cccc(O)c2)CC1.O=C(c1cccc(C(F)(F)F)c1)N1CCN(Cc2ccccc2Sc2cccc(O)c2)CC1. The number of aromatic hydroxyl groups is 2. The van der Waals surface area contributed by atoms with E-state index in [0.29, 0.717) is 65.4 Å². The van der Waals surface area contributed by atoms with Crippen LogP contribution < -0.4 is 0 Å². The number of alkyl halides is 6. The second-order valence-corrected chi connectivity index (χ2v) is 17.9. The Hall–Kier alpha value is -5.40. The van der Waals surface area contributed by atoms with Gasteiger partial charge in [-0.1, -0.05) is 84.2 Å². The zero-order valence-corrected chi connectivity index (χ0v) is 40.1. The van der Waals surface area contributed by atoms with Crippen molar-refractivity contribution in [2.75, 3.05) is 52.4 Å². The van der Waals surface area contributed by atoms with Gasteiger partial charge in [0.05, 0.1) is 11.1 Å². The van der Waals surface area contributed by atoms with Crippen molar-refractivity contribution in [1.29, 1.82) is 0 Å². The lowest BCUT2D eigenvalue weighted by Crippen LogP contribution is -2.48. The molecule has 19 heteroatoms. The minimum Gasteiger partial charge on any atom is -0.508 e. The maximum atomic E-state index is 13.0. The maximum Gasteiger partial charge on any atom is 0.416 e. The fraction of sp³-hybridized carbons (Fsp3) is 0.240. The summed E-state index contributed by atoms with van der Waals surface area (Å²) in [6.07, 6.45) is -8.95. The Balaban J connectivity index is 0.000000288. The third-order valence-electron chi connectivity index (χ3n) is 11.0. The molecule has 9 nitrogen and oxygen atoms in total. The molecule has 6 aromatic rings. The highest BCUT2D eigenvalue weighted by Crippen LogP contribution is 2.35. The van der Waals surface area contributed by atoms with E-state index in [1.54, 1.807) is 69.7 Å². The fourth-order valence-corrected chi connectivity index (χ4v) is 9.52. The molecule has 2 fully saturated rings. The average Bonchev–Trinajstić information content (AvgIpc) is 3.30. The molecule has 2 saturated heterocycles. The van der Waals surface area contributed by atoms with E-state index in [1.807, 2.05) is 48.5 Å². The van der Waals surface area contributed by atoms with Gasteiger partial charge in [0.2, 0.25) is 0 Å². The normalized spacial score (nSPS) is 14.3. The van der Waals surface area contributed by atoms with Crippen LogP contribution in [0.5, 0.6) is 11.5 Å². The van der Waals surface area contributed by atoms with E-state index < -0.39 is 23.5 Å². The molecule has 4 N–H and O–H groups in total. The first-order chi connectivity index (χ1) is 31.6. The Kier molecular flexibility index (Phi) is 20.7. The van der Waals surface area contributed by atoms with Gasteiger partial charge in [-0.05, 0) is 96.1 Å². The summed E-state index contributed by atoms with van der Waals surface area (Å²) in [5.74, 6) is -0.306. The van der Waals surface area contributed by atoms with E-state index in [1.165, 1.54) is 24.3 Å². The lowest BCUT2D eigenvalue weighted by Gasteiger charge is -2.35. The molecule has 2 aliphatic rings. The summed E-state index contributed by atoms with van der Waals surface area (Å²) in [6.45, 7) is 5.76. The monoisotopic (exact) mass is 1030 g/mol. The number of nitrogens with zero attached hydrogens (tertiary/aromatic N) is 4. The number of hydrogen-bond acceptors (Lipinski definition) is 8. The molecule has 0 bridgehead atoms. The van der Waals surface area contributed by atoms with Gasteiger partial charge < -0.3 is 25.5 Å². The van der Waals surface area contributed by atoms with E-state index in [2.05, 4.69) is 21.9 Å². The molecule has 69 heavy (non-hydrogen) atoms. The van der Waals surface area contributed by atoms with Gasteiger partial charge in [-0.2, -0.15) is 26.3 Å². The summed E-state index contributed by atoms with van der Waals surface area (Å²) in [4.78, 5) is 37.2. The first kappa shape index (κ1) is 56.2. The zero-order chi connectivity index (χ0) is 46.8. The Morgan fingerprint density at radius 2 is 0.812 bits per heavy atom. The zero-order valence-electron chi connectivity index (χ0n) is 36.8. The van der Waals surface area contributed by atoms with Crippen molar-refractivity contribution in [3.05, 3.63) is 179 Å². The average molecular weight is 1040 g/mol. The highest BCUT2D eigenvalue weighted by atomic mass is 35.5. The van der Waals surface area contributed by atoms with Crippen molar-refractivity contribution in [3.8, 4) is 11.5 Å². The molecule has 2 heterocycles. The van der Waals surface area contributed by atoms with Crippen molar-refractivity contribution >= 4 is 60.2 Å². The van der Waals surface area contributed by atoms with Crippen LogP contribution in [-0.4, -0.2) is 99.5 Å². The standard InChI is InChI=1S/2C25H23F3N2O2S.2ClH.H2O/c2*26-25(27,28)20-7-3-6-18(15-20)24(32)30-13-11-29(12-14-30)17-19-5-1-2-10-23(19)33-22-9-4-8-21(31)16-22;;;/h2*1-10,15-16,31H,11-14,17H2;2*1H;1H2. The highest BCUT2D eigenvalue weighted by molar-refractivity contribution is 7.99. The van der Waals surface area contributed by atoms with Crippen LogP contribution in [-0.2, 0) is 25.4 Å². The first-order valence-corrected chi connectivity index (χ1v) is 22.7. The van der Waals surface area contributed by atoms with Gasteiger partial charge in [0.25, 0.3) is 11.8 Å². The van der Waals surface area contributed by atoms with E-state index >= 15 is 0 Å². The van der Waals surface area contributed by atoms with Crippen LogP contribution in [0.15, 0.2) is 165 Å². The largest absolute Gasteiger partial charge is 0.508 e. The molecule has 0 unspecified atom stereocenters. The number of phenols is 2. The summed E-state index contributed by atoms with van der Waals surface area (Å²) < 4.78 is 77.9. The number of carbonyl (C=O) groups excluding carboxylic acids is 2. The topological polar surface area (TPSA) is 119 Å². The number of rotatable bonds is 10. The molecule has 0 aliphatic carbocycles. The quantitative estimate of drug-likeness (QED) is 0.130. The molecule has 2 aliphatic heterocycles.